The lowest BCUT2D eigenvalue weighted by Gasteiger charge is -2.22. The van der Waals surface area contributed by atoms with Crippen molar-refractivity contribution < 1.29 is 14.9 Å². The molecule has 23 heavy (non-hydrogen) atoms. The van der Waals surface area contributed by atoms with Crippen LogP contribution in [0.3, 0.4) is 0 Å². The Bertz CT molecular complexity index is 410. The van der Waals surface area contributed by atoms with E-state index in [0.717, 1.165) is 13.1 Å². The van der Waals surface area contributed by atoms with Crippen LogP contribution in [-0.2, 0) is 13.2 Å². The molecular formula is C16H30N2O3S2. The molecule has 0 aliphatic heterocycles. The maximum atomic E-state index is 9.12. The molecule has 5 nitrogen and oxygen atoms in total. The van der Waals surface area contributed by atoms with Crippen molar-refractivity contribution in [3.8, 4) is 5.75 Å². The van der Waals surface area contributed by atoms with Crippen LogP contribution in [0.2, 0.25) is 0 Å². The molecule has 0 aliphatic rings. The van der Waals surface area contributed by atoms with E-state index in [1.807, 2.05) is 24.6 Å². The maximum absolute atomic E-state index is 9.12. The van der Waals surface area contributed by atoms with E-state index in [-0.39, 0.29) is 18.0 Å². The summed E-state index contributed by atoms with van der Waals surface area (Å²) < 4.78 is 5.81. The van der Waals surface area contributed by atoms with Crippen LogP contribution < -0.4 is 10.1 Å². The van der Waals surface area contributed by atoms with Crippen LogP contribution >= 0.6 is 21.6 Å². The minimum absolute atomic E-state index is 0.164. The largest absolute Gasteiger partial charge is 0.492 e. The van der Waals surface area contributed by atoms with E-state index in [1.165, 1.54) is 0 Å². The Kier molecular flexibility index (Phi) is 12.6. The summed E-state index contributed by atoms with van der Waals surface area (Å²) in [7, 11) is 3.62. The molecule has 134 valence electrons. The number of nitrogens with one attached hydrogen (secondary N) is 1. The molecule has 7 heteroatoms. The minimum atomic E-state index is -0.164. The van der Waals surface area contributed by atoms with Crippen molar-refractivity contribution in [2.24, 2.45) is 0 Å². The Morgan fingerprint density at radius 2 is 1.74 bits per heavy atom. The topological polar surface area (TPSA) is 74.6 Å². The van der Waals surface area contributed by atoms with E-state index in [2.05, 4.69) is 30.4 Å². The van der Waals surface area contributed by atoms with E-state index < -0.39 is 0 Å². The first-order chi connectivity index (χ1) is 11.0. The lowest BCUT2D eigenvalue weighted by Crippen LogP contribution is -2.34. The van der Waals surface area contributed by atoms with E-state index in [9.17, 15) is 0 Å². The predicted octanol–water partition coefficient (Wildman–Crippen LogP) is 2.85. The van der Waals surface area contributed by atoms with Gasteiger partial charge in [0.2, 0.25) is 0 Å². The van der Waals surface area contributed by atoms with Gasteiger partial charge in [-0.05, 0) is 20.1 Å². The van der Waals surface area contributed by atoms with Crippen molar-refractivity contribution in [2.45, 2.75) is 45.7 Å². The average molecular weight is 363 g/mol. The second-order valence-electron chi connectivity index (χ2n) is 5.14. The quantitative estimate of drug-likeness (QED) is 0.436. The van der Waals surface area contributed by atoms with Gasteiger partial charge in [-0.1, -0.05) is 35.4 Å². The van der Waals surface area contributed by atoms with Gasteiger partial charge < -0.3 is 20.3 Å². The molecule has 0 radical (unpaired) electrons. The molecule has 0 saturated carbocycles. The zero-order valence-electron chi connectivity index (χ0n) is 14.8. The van der Waals surface area contributed by atoms with Crippen LogP contribution in [0.1, 0.15) is 39.1 Å². The number of nitrogens with zero attached hydrogens (tertiary/aromatic N) is 1. The summed E-state index contributed by atoms with van der Waals surface area (Å²) in [4.78, 5) is 4.07. The number of rotatable bonds is 10. The Labute approximate surface area is 148 Å². The van der Waals surface area contributed by atoms with Gasteiger partial charge in [-0.3, -0.25) is 4.98 Å². The van der Waals surface area contributed by atoms with Crippen molar-refractivity contribution in [2.75, 3.05) is 26.0 Å². The predicted molar refractivity (Wildman–Crippen MR) is 101 cm³/mol. The van der Waals surface area contributed by atoms with Gasteiger partial charge in [-0.2, -0.15) is 0 Å². The normalized spacial score (nSPS) is 10.9. The molecule has 0 aromatic carbocycles. The number of hydrogen-bond donors (Lipinski definition) is 3. The first-order valence-corrected chi connectivity index (χ1v) is 10.3. The molecule has 0 spiro atoms. The summed E-state index contributed by atoms with van der Waals surface area (Å²) in [5.74, 6) is 0.623. The number of aliphatic hydroxyl groups is 2. The number of aliphatic hydroxyl groups excluding tert-OH is 2. The van der Waals surface area contributed by atoms with Crippen LogP contribution in [0.25, 0.3) is 0 Å². The zero-order chi connectivity index (χ0) is 17.7. The number of aromatic nitrogens is 1. The van der Waals surface area contributed by atoms with Crippen molar-refractivity contribution in [1.29, 1.82) is 0 Å². The molecule has 1 aromatic heterocycles. The lowest BCUT2D eigenvalue weighted by atomic mass is 10.2. The second kappa shape index (κ2) is 12.9. The summed E-state index contributed by atoms with van der Waals surface area (Å²) in [6, 6.07) is 3.37. The Morgan fingerprint density at radius 1 is 1.17 bits per heavy atom. The fourth-order valence-corrected chi connectivity index (χ4v) is 3.89. The highest BCUT2D eigenvalue weighted by molar-refractivity contribution is 8.76. The third-order valence-electron chi connectivity index (χ3n) is 2.64. The highest BCUT2D eigenvalue weighted by Crippen LogP contribution is 2.32. The van der Waals surface area contributed by atoms with Crippen LogP contribution in [0.4, 0.5) is 0 Å². The van der Waals surface area contributed by atoms with Crippen molar-refractivity contribution >= 4 is 21.6 Å². The SMILES string of the molecule is CC.CSSC(C)(C)CNCCOc1cc(CO)nc(CO)c1. The Balaban J connectivity index is 0.00000232. The average Bonchev–Trinajstić information content (AvgIpc) is 2.55. The summed E-state index contributed by atoms with van der Waals surface area (Å²) in [6.07, 6.45) is 2.08. The highest BCUT2D eigenvalue weighted by Gasteiger charge is 2.17. The molecular weight excluding hydrogens is 332 g/mol. The summed E-state index contributed by atoms with van der Waals surface area (Å²) in [5, 5.41) is 21.6. The van der Waals surface area contributed by atoms with Crippen molar-refractivity contribution in [1.82, 2.24) is 10.3 Å². The molecule has 1 heterocycles. The standard InChI is InChI=1S/C14H24N2O3S2.C2H6/c1-14(2,21-20-3)10-15-4-5-19-13-6-11(8-17)16-12(7-13)9-18;1-2/h6-7,15,17-18H,4-5,8-10H2,1-3H3;1-2H3. The number of pyridine rings is 1. The summed E-state index contributed by atoms with van der Waals surface area (Å²) >= 11 is 0. The maximum Gasteiger partial charge on any atom is 0.123 e. The van der Waals surface area contributed by atoms with Gasteiger partial charge in [-0.15, -0.1) is 0 Å². The Morgan fingerprint density at radius 3 is 2.22 bits per heavy atom. The third-order valence-corrected chi connectivity index (χ3v) is 5.25. The van der Waals surface area contributed by atoms with Gasteiger partial charge in [0, 0.05) is 30.0 Å². The Hall–Kier alpha value is -0.470. The summed E-state index contributed by atoms with van der Waals surface area (Å²) in [5.41, 5.74) is 1.00. The van der Waals surface area contributed by atoms with Gasteiger partial charge in [0.15, 0.2) is 0 Å². The summed E-state index contributed by atoms with van der Waals surface area (Å²) in [6.45, 7) is 10.2. The van der Waals surface area contributed by atoms with Crippen LogP contribution in [0.15, 0.2) is 12.1 Å². The molecule has 1 aromatic rings. The fourth-order valence-electron chi connectivity index (χ4n) is 1.75. The van der Waals surface area contributed by atoms with E-state index in [4.69, 9.17) is 14.9 Å². The molecule has 3 N–H and O–H groups in total. The molecule has 0 saturated heterocycles. The van der Waals surface area contributed by atoms with Gasteiger partial charge in [0.1, 0.15) is 12.4 Å². The zero-order valence-corrected chi connectivity index (χ0v) is 16.4. The number of hydrogen-bond acceptors (Lipinski definition) is 7. The molecule has 0 aliphatic carbocycles. The molecule has 0 amide bonds. The molecule has 0 unspecified atom stereocenters. The second-order valence-corrected chi connectivity index (χ2v) is 8.24. The monoisotopic (exact) mass is 362 g/mol. The van der Waals surface area contributed by atoms with E-state index >= 15 is 0 Å². The highest BCUT2D eigenvalue weighted by atomic mass is 33.1. The first-order valence-electron chi connectivity index (χ1n) is 7.77. The van der Waals surface area contributed by atoms with Gasteiger partial charge in [0.25, 0.3) is 0 Å². The van der Waals surface area contributed by atoms with Gasteiger partial charge in [0.05, 0.1) is 24.6 Å². The van der Waals surface area contributed by atoms with Crippen molar-refractivity contribution in [3.63, 3.8) is 0 Å². The fraction of sp³-hybridized carbons (Fsp3) is 0.688. The number of ether oxygens (including phenoxy) is 1. The van der Waals surface area contributed by atoms with E-state index in [1.54, 1.807) is 22.9 Å². The smallest absolute Gasteiger partial charge is 0.123 e. The molecule has 0 bridgehead atoms. The van der Waals surface area contributed by atoms with Crippen LogP contribution in [0, 0.1) is 0 Å². The van der Waals surface area contributed by atoms with Crippen LogP contribution in [-0.4, -0.2) is 45.9 Å². The molecule has 0 atom stereocenters. The minimum Gasteiger partial charge on any atom is -0.492 e. The van der Waals surface area contributed by atoms with Gasteiger partial charge in [-0.25, -0.2) is 0 Å². The molecule has 1 rings (SSSR count). The van der Waals surface area contributed by atoms with Crippen LogP contribution in [0.5, 0.6) is 5.75 Å². The third kappa shape index (κ3) is 10.1. The van der Waals surface area contributed by atoms with E-state index in [0.29, 0.717) is 23.7 Å². The van der Waals surface area contributed by atoms with Crippen molar-refractivity contribution in [3.05, 3.63) is 23.5 Å². The lowest BCUT2D eigenvalue weighted by molar-refractivity contribution is 0.261. The first kappa shape index (κ1) is 22.5. The molecule has 0 fully saturated rings. The van der Waals surface area contributed by atoms with Gasteiger partial charge >= 0.3 is 0 Å².